The molecule has 2 aromatic rings. The number of amides is 1. The second-order valence-electron chi connectivity index (χ2n) is 4.30. The Kier molecular flexibility index (Phi) is 4.18. The molecule has 0 saturated carbocycles. The van der Waals surface area contributed by atoms with Crippen LogP contribution >= 0.6 is 0 Å². The van der Waals surface area contributed by atoms with Gasteiger partial charge in [-0.3, -0.25) is 9.78 Å². The Morgan fingerprint density at radius 3 is 3.00 bits per heavy atom. The van der Waals surface area contributed by atoms with Gasteiger partial charge in [0.05, 0.1) is 23.4 Å². The summed E-state index contributed by atoms with van der Waals surface area (Å²) < 4.78 is 0. The number of hydrogen-bond donors (Lipinski definition) is 3. The molecule has 1 heterocycles. The standard InChI is InChI=1S/C14H18N4O/c1-2-7-17-13(19)9-18-12-6-5-11-10(14(12)15)4-3-8-16-11/h3-6,8,18H,2,7,9,15H2,1H3,(H,17,19). The minimum Gasteiger partial charge on any atom is -0.397 e. The summed E-state index contributed by atoms with van der Waals surface area (Å²) in [5, 5.41) is 6.74. The smallest absolute Gasteiger partial charge is 0.239 e. The molecular weight excluding hydrogens is 240 g/mol. The first-order chi connectivity index (χ1) is 9.22. The van der Waals surface area contributed by atoms with Gasteiger partial charge in [0.1, 0.15) is 0 Å². The van der Waals surface area contributed by atoms with Crippen molar-refractivity contribution in [2.45, 2.75) is 13.3 Å². The zero-order valence-corrected chi connectivity index (χ0v) is 10.9. The first-order valence-corrected chi connectivity index (χ1v) is 6.36. The molecule has 0 bridgehead atoms. The van der Waals surface area contributed by atoms with Crippen molar-refractivity contribution in [3.05, 3.63) is 30.5 Å². The van der Waals surface area contributed by atoms with E-state index in [-0.39, 0.29) is 12.5 Å². The first-order valence-electron chi connectivity index (χ1n) is 6.36. The van der Waals surface area contributed by atoms with E-state index < -0.39 is 0 Å². The van der Waals surface area contributed by atoms with Crippen LogP contribution in [0.5, 0.6) is 0 Å². The summed E-state index contributed by atoms with van der Waals surface area (Å²) in [5.41, 5.74) is 8.30. The molecule has 1 aromatic heterocycles. The Bertz CT molecular complexity index is 583. The van der Waals surface area contributed by atoms with Gasteiger partial charge in [0.15, 0.2) is 0 Å². The molecule has 100 valence electrons. The fraction of sp³-hybridized carbons (Fsp3) is 0.286. The number of fused-ring (bicyclic) bond motifs is 1. The van der Waals surface area contributed by atoms with Crippen molar-refractivity contribution in [1.82, 2.24) is 10.3 Å². The molecule has 0 aliphatic carbocycles. The zero-order chi connectivity index (χ0) is 13.7. The number of carbonyl (C=O) groups excluding carboxylic acids is 1. The minimum atomic E-state index is -0.0347. The van der Waals surface area contributed by atoms with E-state index in [1.165, 1.54) is 0 Å². The van der Waals surface area contributed by atoms with Crippen molar-refractivity contribution in [3.8, 4) is 0 Å². The van der Waals surface area contributed by atoms with Crippen molar-refractivity contribution in [2.24, 2.45) is 0 Å². The molecule has 19 heavy (non-hydrogen) atoms. The SMILES string of the molecule is CCCNC(=O)CNc1ccc2ncccc2c1N. The molecule has 0 radical (unpaired) electrons. The normalized spacial score (nSPS) is 10.4. The molecule has 5 heteroatoms. The second kappa shape index (κ2) is 6.04. The number of nitrogens with two attached hydrogens (primary N) is 1. The van der Waals surface area contributed by atoms with Crippen LogP contribution in [0, 0.1) is 0 Å². The number of pyridine rings is 1. The summed E-state index contributed by atoms with van der Waals surface area (Å²) in [6.45, 7) is 2.93. The van der Waals surface area contributed by atoms with Gasteiger partial charge < -0.3 is 16.4 Å². The molecule has 0 atom stereocenters. The predicted octanol–water partition coefficient (Wildman–Crippen LogP) is 1.76. The minimum absolute atomic E-state index is 0.0347. The number of carbonyl (C=O) groups is 1. The molecule has 0 aliphatic heterocycles. The van der Waals surface area contributed by atoms with Gasteiger partial charge in [0, 0.05) is 18.1 Å². The molecule has 0 aliphatic rings. The molecule has 1 amide bonds. The highest BCUT2D eigenvalue weighted by atomic mass is 16.1. The van der Waals surface area contributed by atoms with Crippen molar-refractivity contribution < 1.29 is 4.79 Å². The van der Waals surface area contributed by atoms with E-state index in [4.69, 9.17) is 5.73 Å². The van der Waals surface area contributed by atoms with E-state index >= 15 is 0 Å². The average Bonchev–Trinajstić information content (AvgIpc) is 2.44. The number of rotatable bonds is 5. The lowest BCUT2D eigenvalue weighted by Crippen LogP contribution is -2.30. The van der Waals surface area contributed by atoms with Crippen LogP contribution in [-0.4, -0.2) is 24.0 Å². The second-order valence-corrected chi connectivity index (χ2v) is 4.30. The Balaban J connectivity index is 2.09. The third-order valence-electron chi connectivity index (χ3n) is 2.84. The van der Waals surface area contributed by atoms with E-state index in [1.807, 2.05) is 31.2 Å². The summed E-state index contributed by atoms with van der Waals surface area (Å²) in [7, 11) is 0. The van der Waals surface area contributed by atoms with Crippen LogP contribution in [0.4, 0.5) is 11.4 Å². The number of benzene rings is 1. The van der Waals surface area contributed by atoms with Crippen LogP contribution in [0.15, 0.2) is 30.5 Å². The van der Waals surface area contributed by atoms with E-state index in [0.29, 0.717) is 12.2 Å². The summed E-state index contributed by atoms with van der Waals surface area (Å²) in [5.74, 6) is -0.0347. The monoisotopic (exact) mass is 258 g/mol. The Morgan fingerprint density at radius 2 is 2.21 bits per heavy atom. The molecule has 0 spiro atoms. The molecule has 0 fully saturated rings. The van der Waals surface area contributed by atoms with E-state index in [9.17, 15) is 4.79 Å². The van der Waals surface area contributed by atoms with Crippen LogP contribution in [0.1, 0.15) is 13.3 Å². The third-order valence-corrected chi connectivity index (χ3v) is 2.84. The summed E-state index contributed by atoms with van der Waals surface area (Å²) in [6, 6.07) is 7.49. The summed E-state index contributed by atoms with van der Waals surface area (Å²) >= 11 is 0. The Labute approximate surface area is 112 Å². The molecule has 2 rings (SSSR count). The van der Waals surface area contributed by atoms with Crippen LogP contribution < -0.4 is 16.4 Å². The van der Waals surface area contributed by atoms with Gasteiger partial charge in [-0.15, -0.1) is 0 Å². The molecule has 0 unspecified atom stereocenters. The van der Waals surface area contributed by atoms with Gasteiger partial charge >= 0.3 is 0 Å². The topological polar surface area (TPSA) is 80.0 Å². The maximum atomic E-state index is 11.5. The number of nitrogen functional groups attached to an aromatic ring is 1. The fourth-order valence-electron chi connectivity index (χ4n) is 1.83. The van der Waals surface area contributed by atoms with Crippen LogP contribution in [0.3, 0.4) is 0 Å². The van der Waals surface area contributed by atoms with Gasteiger partial charge in [-0.05, 0) is 30.7 Å². The summed E-state index contributed by atoms with van der Waals surface area (Å²) in [4.78, 5) is 15.8. The van der Waals surface area contributed by atoms with Crippen molar-refractivity contribution in [3.63, 3.8) is 0 Å². The van der Waals surface area contributed by atoms with Crippen LogP contribution in [-0.2, 0) is 4.79 Å². The van der Waals surface area contributed by atoms with E-state index in [2.05, 4.69) is 15.6 Å². The predicted molar refractivity (Wildman–Crippen MR) is 77.9 cm³/mol. The highest BCUT2D eigenvalue weighted by molar-refractivity contribution is 5.97. The fourth-order valence-corrected chi connectivity index (χ4v) is 1.83. The maximum Gasteiger partial charge on any atom is 0.239 e. The maximum absolute atomic E-state index is 11.5. The molecule has 0 saturated heterocycles. The molecular formula is C14H18N4O. The number of aromatic nitrogens is 1. The van der Waals surface area contributed by atoms with Crippen LogP contribution in [0.25, 0.3) is 10.9 Å². The summed E-state index contributed by atoms with van der Waals surface area (Å²) in [6.07, 6.45) is 2.66. The number of anilines is 2. The van der Waals surface area contributed by atoms with Gasteiger partial charge in [-0.25, -0.2) is 0 Å². The number of nitrogens with one attached hydrogen (secondary N) is 2. The molecule has 5 nitrogen and oxygen atoms in total. The Morgan fingerprint density at radius 1 is 1.37 bits per heavy atom. The van der Waals surface area contributed by atoms with E-state index in [1.54, 1.807) is 6.20 Å². The van der Waals surface area contributed by atoms with Crippen molar-refractivity contribution in [1.29, 1.82) is 0 Å². The third kappa shape index (κ3) is 3.13. The van der Waals surface area contributed by atoms with E-state index in [0.717, 1.165) is 23.0 Å². The Hall–Kier alpha value is -2.30. The zero-order valence-electron chi connectivity index (χ0n) is 10.9. The quantitative estimate of drug-likeness (QED) is 0.714. The van der Waals surface area contributed by atoms with Gasteiger partial charge in [0.25, 0.3) is 0 Å². The molecule has 1 aromatic carbocycles. The highest BCUT2D eigenvalue weighted by Gasteiger charge is 2.06. The largest absolute Gasteiger partial charge is 0.397 e. The lowest BCUT2D eigenvalue weighted by molar-refractivity contribution is -0.119. The van der Waals surface area contributed by atoms with Crippen molar-refractivity contribution in [2.75, 3.05) is 24.1 Å². The van der Waals surface area contributed by atoms with Gasteiger partial charge in [-0.1, -0.05) is 6.92 Å². The molecule has 4 N–H and O–H groups in total. The highest BCUT2D eigenvalue weighted by Crippen LogP contribution is 2.26. The average molecular weight is 258 g/mol. The van der Waals surface area contributed by atoms with Gasteiger partial charge in [-0.2, -0.15) is 0 Å². The first kappa shape index (κ1) is 13.1. The van der Waals surface area contributed by atoms with Crippen molar-refractivity contribution >= 4 is 28.2 Å². The lowest BCUT2D eigenvalue weighted by atomic mass is 10.1. The van der Waals surface area contributed by atoms with Crippen LogP contribution in [0.2, 0.25) is 0 Å². The number of nitrogens with zero attached hydrogens (tertiary/aromatic N) is 1. The van der Waals surface area contributed by atoms with Gasteiger partial charge in [0.2, 0.25) is 5.91 Å². The lowest BCUT2D eigenvalue weighted by Gasteiger charge is -2.11. The number of hydrogen-bond acceptors (Lipinski definition) is 4.